The number of hydrogen-bond acceptors (Lipinski definition) is 4. The summed E-state index contributed by atoms with van der Waals surface area (Å²) in [4.78, 5) is 12.3. The van der Waals surface area contributed by atoms with Crippen LogP contribution in [0.5, 0.6) is 0 Å². The van der Waals surface area contributed by atoms with Gasteiger partial charge in [-0.25, -0.2) is 4.39 Å². The van der Waals surface area contributed by atoms with E-state index in [0.717, 1.165) is 0 Å². The van der Waals surface area contributed by atoms with E-state index in [1.54, 1.807) is 29.1 Å². The second-order valence-corrected chi connectivity index (χ2v) is 7.37. The maximum absolute atomic E-state index is 13.9. The predicted molar refractivity (Wildman–Crippen MR) is 88.8 cm³/mol. The fraction of sp³-hybridized carbons (Fsp3) is 0.438. The van der Waals surface area contributed by atoms with Gasteiger partial charge < -0.3 is 9.88 Å². The molecule has 5 nitrogen and oxygen atoms in total. The van der Waals surface area contributed by atoms with Crippen LogP contribution in [0.2, 0.25) is 0 Å². The molecule has 124 valence electrons. The van der Waals surface area contributed by atoms with Gasteiger partial charge in [-0.05, 0) is 18.6 Å². The molecule has 0 fully saturated rings. The molecule has 0 aliphatic carbocycles. The van der Waals surface area contributed by atoms with Gasteiger partial charge in [0.05, 0.1) is 5.25 Å². The minimum atomic E-state index is -0.490. The SMILES string of the molecule is C[C@H](Sc1nncn1C)C(=O)NCC(C)(C)c1ccccc1F. The molecule has 1 N–H and O–H groups in total. The van der Waals surface area contributed by atoms with E-state index in [0.29, 0.717) is 17.3 Å². The molecule has 1 heterocycles. The molecule has 0 saturated heterocycles. The number of aromatic nitrogens is 3. The van der Waals surface area contributed by atoms with Crippen molar-refractivity contribution >= 4 is 17.7 Å². The number of hydrogen-bond donors (Lipinski definition) is 1. The third kappa shape index (κ3) is 4.31. The smallest absolute Gasteiger partial charge is 0.233 e. The summed E-state index contributed by atoms with van der Waals surface area (Å²) in [7, 11) is 1.83. The highest BCUT2D eigenvalue weighted by molar-refractivity contribution is 8.00. The summed E-state index contributed by atoms with van der Waals surface area (Å²) in [6.07, 6.45) is 1.59. The van der Waals surface area contributed by atoms with Gasteiger partial charge in [-0.1, -0.05) is 43.8 Å². The monoisotopic (exact) mass is 336 g/mol. The number of halogens is 1. The Bertz CT molecular complexity index is 686. The molecule has 1 aromatic carbocycles. The lowest BCUT2D eigenvalue weighted by Gasteiger charge is -2.26. The minimum Gasteiger partial charge on any atom is -0.354 e. The number of amides is 1. The van der Waals surface area contributed by atoms with Crippen LogP contribution < -0.4 is 5.32 Å². The highest BCUT2D eigenvalue weighted by Gasteiger charge is 2.26. The molecule has 1 atom stereocenters. The van der Waals surface area contributed by atoms with E-state index < -0.39 is 5.41 Å². The first kappa shape index (κ1) is 17.5. The molecule has 0 unspecified atom stereocenters. The van der Waals surface area contributed by atoms with E-state index in [1.165, 1.54) is 17.8 Å². The lowest BCUT2D eigenvalue weighted by Crippen LogP contribution is -2.40. The Morgan fingerprint density at radius 2 is 2.13 bits per heavy atom. The van der Waals surface area contributed by atoms with Crippen molar-refractivity contribution in [2.24, 2.45) is 7.05 Å². The molecule has 0 aliphatic heterocycles. The van der Waals surface area contributed by atoms with E-state index in [4.69, 9.17) is 0 Å². The van der Waals surface area contributed by atoms with Crippen molar-refractivity contribution in [2.75, 3.05) is 6.54 Å². The van der Waals surface area contributed by atoms with Gasteiger partial charge in [0.15, 0.2) is 5.16 Å². The molecule has 0 radical (unpaired) electrons. The Morgan fingerprint density at radius 1 is 1.43 bits per heavy atom. The largest absolute Gasteiger partial charge is 0.354 e. The topological polar surface area (TPSA) is 59.8 Å². The van der Waals surface area contributed by atoms with E-state index in [2.05, 4.69) is 15.5 Å². The average Bonchev–Trinajstić information content (AvgIpc) is 2.90. The molecule has 23 heavy (non-hydrogen) atoms. The van der Waals surface area contributed by atoms with Crippen molar-refractivity contribution in [3.8, 4) is 0 Å². The fourth-order valence-corrected chi connectivity index (χ4v) is 2.96. The van der Waals surface area contributed by atoms with Crippen LogP contribution >= 0.6 is 11.8 Å². The number of carbonyl (C=O) groups excluding carboxylic acids is 1. The zero-order valence-corrected chi connectivity index (χ0v) is 14.5. The maximum atomic E-state index is 13.9. The van der Waals surface area contributed by atoms with Crippen LogP contribution in [0.25, 0.3) is 0 Å². The van der Waals surface area contributed by atoms with Gasteiger partial charge in [0, 0.05) is 19.0 Å². The number of benzene rings is 1. The van der Waals surface area contributed by atoms with Gasteiger partial charge in [0.25, 0.3) is 0 Å². The minimum absolute atomic E-state index is 0.109. The first-order chi connectivity index (χ1) is 10.8. The molecular weight excluding hydrogens is 315 g/mol. The molecular formula is C16H21FN4OS. The molecule has 2 rings (SSSR count). The van der Waals surface area contributed by atoms with Crippen LogP contribution in [0.3, 0.4) is 0 Å². The number of thioether (sulfide) groups is 1. The van der Waals surface area contributed by atoms with Gasteiger partial charge in [0.1, 0.15) is 12.1 Å². The van der Waals surface area contributed by atoms with Crippen molar-refractivity contribution in [1.82, 2.24) is 20.1 Å². The van der Waals surface area contributed by atoms with Crippen molar-refractivity contribution < 1.29 is 9.18 Å². The summed E-state index contributed by atoms with van der Waals surface area (Å²) >= 11 is 1.34. The zero-order chi connectivity index (χ0) is 17.0. The molecule has 0 saturated carbocycles. The Hall–Kier alpha value is -1.89. The molecule has 0 bridgehead atoms. The number of aryl methyl sites for hydroxylation is 1. The molecule has 7 heteroatoms. The number of nitrogens with zero attached hydrogens (tertiary/aromatic N) is 3. The Kier molecular flexibility index (Phi) is 5.41. The Morgan fingerprint density at radius 3 is 2.74 bits per heavy atom. The van der Waals surface area contributed by atoms with Crippen LogP contribution in [0.4, 0.5) is 4.39 Å². The third-order valence-corrected chi connectivity index (χ3v) is 4.78. The third-order valence-electron chi connectivity index (χ3n) is 3.63. The second kappa shape index (κ2) is 7.12. The van der Waals surface area contributed by atoms with Crippen LogP contribution in [0, 0.1) is 5.82 Å². The van der Waals surface area contributed by atoms with E-state index in [1.807, 2.05) is 27.8 Å². The highest BCUT2D eigenvalue weighted by Crippen LogP contribution is 2.25. The van der Waals surface area contributed by atoms with Crippen LogP contribution in [-0.2, 0) is 17.3 Å². The molecule has 0 spiro atoms. The predicted octanol–water partition coefficient (Wildman–Crippen LogP) is 2.53. The van der Waals surface area contributed by atoms with Crippen molar-refractivity contribution in [1.29, 1.82) is 0 Å². The lowest BCUT2D eigenvalue weighted by molar-refractivity contribution is -0.120. The average molecular weight is 336 g/mol. The molecule has 1 aromatic heterocycles. The van der Waals surface area contributed by atoms with Gasteiger partial charge in [-0.2, -0.15) is 0 Å². The van der Waals surface area contributed by atoms with E-state index in [9.17, 15) is 9.18 Å². The molecule has 0 aliphatic rings. The van der Waals surface area contributed by atoms with Crippen LogP contribution in [0.1, 0.15) is 26.3 Å². The standard InChI is InChI=1S/C16H21FN4OS/c1-11(23-15-20-19-10-21(15)4)14(22)18-9-16(2,3)12-7-5-6-8-13(12)17/h5-8,10-11H,9H2,1-4H3,(H,18,22)/t11-/m0/s1. The highest BCUT2D eigenvalue weighted by atomic mass is 32.2. The first-order valence-corrected chi connectivity index (χ1v) is 8.22. The van der Waals surface area contributed by atoms with Crippen LogP contribution in [-0.4, -0.2) is 32.5 Å². The summed E-state index contributed by atoms with van der Waals surface area (Å²) in [5.41, 5.74) is 0.102. The molecule has 1 amide bonds. The number of carbonyl (C=O) groups is 1. The number of nitrogens with one attached hydrogen (secondary N) is 1. The van der Waals surface area contributed by atoms with Crippen molar-refractivity contribution in [2.45, 2.75) is 36.6 Å². The van der Waals surface area contributed by atoms with Crippen molar-refractivity contribution in [3.05, 3.63) is 42.0 Å². The van der Waals surface area contributed by atoms with Gasteiger partial charge >= 0.3 is 0 Å². The summed E-state index contributed by atoms with van der Waals surface area (Å²) in [5.74, 6) is -0.365. The van der Waals surface area contributed by atoms with Crippen LogP contribution in [0.15, 0.2) is 35.7 Å². The second-order valence-electron chi connectivity index (χ2n) is 6.07. The first-order valence-electron chi connectivity index (χ1n) is 7.34. The summed E-state index contributed by atoms with van der Waals surface area (Å²) in [5, 5.41) is 11.0. The fourth-order valence-electron chi connectivity index (χ4n) is 2.15. The Labute approximate surface area is 139 Å². The molecule has 2 aromatic rings. The summed E-state index contributed by atoms with van der Waals surface area (Å²) < 4.78 is 15.7. The quantitative estimate of drug-likeness (QED) is 0.824. The lowest BCUT2D eigenvalue weighted by atomic mass is 9.84. The van der Waals surface area contributed by atoms with Gasteiger partial charge in [0.2, 0.25) is 5.91 Å². The van der Waals surface area contributed by atoms with Gasteiger partial charge in [-0.3, -0.25) is 4.79 Å². The normalized spacial score (nSPS) is 12.9. The van der Waals surface area contributed by atoms with E-state index >= 15 is 0 Å². The van der Waals surface area contributed by atoms with Gasteiger partial charge in [-0.15, -0.1) is 10.2 Å². The number of rotatable bonds is 6. The summed E-state index contributed by atoms with van der Waals surface area (Å²) in [6, 6.07) is 6.65. The van der Waals surface area contributed by atoms with E-state index in [-0.39, 0.29) is 17.0 Å². The Balaban J connectivity index is 1.95. The van der Waals surface area contributed by atoms with Crippen molar-refractivity contribution in [3.63, 3.8) is 0 Å². The summed E-state index contributed by atoms with van der Waals surface area (Å²) in [6.45, 7) is 5.99. The zero-order valence-electron chi connectivity index (χ0n) is 13.7. The maximum Gasteiger partial charge on any atom is 0.233 e.